The van der Waals surface area contributed by atoms with Gasteiger partial charge in [-0.05, 0) is 42.4 Å². The highest BCUT2D eigenvalue weighted by atomic mass is 32.2. The van der Waals surface area contributed by atoms with E-state index >= 15 is 0 Å². The summed E-state index contributed by atoms with van der Waals surface area (Å²) in [6, 6.07) is 4.30. The number of carbonyl (C=O) groups is 1. The molecule has 1 atom stereocenters. The van der Waals surface area contributed by atoms with Crippen molar-refractivity contribution in [2.24, 2.45) is 0 Å². The molecule has 1 aliphatic heterocycles. The van der Waals surface area contributed by atoms with Gasteiger partial charge >= 0.3 is 0 Å². The Morgan fingerprint density at radius 3 is 2.48 bits per heavy atom. The molecule has 0 spiro atoms. The quantitative estimate of drug-likeness (QED) is 0.838. The van der Waals surface area contributed by atoms with Crippen molar-refractivity contribution < 1.29 is 18.3 Å². The molecule has 0 unspecified atom stereocenters. The first-order chi connectivity index (χ1) is 10.5. The third kappa shape index (κ3) is 3.58. The molecule has 0 bridgehead atoms. The van der Waals surface area contributed by atoms with Crippen LogP contribution in [0.1, 0.15) is 51.2 Å². The van der Waals surface area contributed by atoms with Gasteiger partial charge in [-0.25, -0.2) is 8.42 Å². The topological polar surface area (TPSA) is 77.5 Å². The fourth-order valence-electron chi connectivity index (χ4n) is 2.90. The monoisotopic (exact) mass is 338 g/mol. The van der Waals surface area contributed by atoms with Gasteiger partial charge in [-0.1, -0.05) is 39.3 Å². The van der Waals surface area contributed by atoms with E-state index in [2.05, 4.69) is 0 Å². The van der Waals surface area contributed by atoms with Crippen LogP contribution >= 0.6 is 0 Å². The van der Waals surface area contributed by atoms with Gasteiger partial charge in [0.1, 0.15) is 0 Å². The van der Waals surface area contributed by atoms with Crippen LogP contribution in [-0.2, 0) is 20.2 Å². The number of rotatable bonds is 3. The number of sulfonamides is 1. The fourth-order valence-corrected chi connectivity index (χ4v) is 4.80. The van der Waals surface area contributed by atoms with Gasteiger partial charge in [0.05, 0.1) is 16.9 Å². The van der Waals surface area contributed by atoms with Gasteiger partial charge in [-0.3, -0.25) is 0 Å². The number of piperidine rings is 1. The SMILES string of the molecule is Cc1ccc(C(C)(C)C)cc1S(=O)(=O)N1CCCC[C@@H]1C(=O)[O-]. The second-order valence-corrected chi connectivity index (χ2v) is 9.04. The summed E-state index contributed by atoms with van der Waals surface area (Å²) in [4.78, 5) is 11.5. The second-order valence-electron chi connectivity index (χ2n) is 7.18. The summed E-state index contributed by atoms with van der Waals surface area (Å²) in [5, 5.41) is 11.3. The molecule has 0 amide bonds. The molecule has 1 heterocycles. The van der Waals surface area contributed by atoms with Gasteiger partial charge in [-0.15, -0.1) is 0 Å². The number of hydrogen-bond acceptors (Lipinski definition) is 4. The van der Waals surface area contributed by atoms with Crippen LogP contribution in [0.25, 0.3) is 0 Å². The van der Waals surface area contributed by atoms with E-state index in [0.717, 1.165) is 9.87 Å². The molecule has 1 aromatic rings. The van der Waals surface area contributed by atoms with Crippen LogP contribution in [0.2, 0.25) is 0 Å². The van der Waals surface area contributed by atoms with Crippen molar-refractivity contribution in [3.8, 4) is 0 Å². The molecular formula is C17H24NO4S-. The maximum Gasteiger partial charge on any atom is 0.243 e. The van der Waals surface area contributed by atoms with Crippen LogP contribution in [0.15, 0.2) is 23.1 Å². The maximum atomic E-state index is 13.0. The summed E-state index contributed by atoms with van der Waals surface area (Å²) in [5.74, 6) is -1.32. The maximum absolute atomic E-state index is 13.0. The minimum atomic E-state index is -3.86. The van der Waals surface area contributed by atoms with Crippen molar-refractivity contribution in [2.45, 2.75) is 63.3 Å². The Kier molecular flexibility index (Phi) is 4.87. The molecule has 1 saturated heterocycles. The Bertz CT molecular complexity index is 704. The van der Waals surface area contributed by atoms with E-state index in [1.54, 1.807) is 19.1 Å². The molecule has 1 aliphatic rings. The van der Waals surface area contributed by atoms with Gasteiger partial charge in [0, 0.05) is 6.54 Å². The fraction of sp³-hybridized carbons (Fsp3) is 0.588. The average Bonchev–Trinajstić information content (AvgIpc) is 2.46. The lowest BCUT2D eigenvalue weighted by Gasteiger charge is -2.35. The van der Waals surface area contributed by atoms with Crippen molar-refractivity contribution in [2.75, 3.05) is 6.54 Å². The minimum absolute atomic E-state index is 0.187. The largest absolute Gasteiger partial charge is 0.548 e. The number of carboxylic acids is 1. The summed E-state index contributed by atoms with van der Waals surface area (Å²) >= 11 is 0. The number of aliphatic carboxylic acids is 1. The Labute approximate surface area is 138 Å². The predicted octanol–water partition coefficient (Wildman–Crippen LogP) is 1.59. The normalized spacial score (nSPS) is 20.4. The highest BCUT2D eigenvalue weighted by Crippen LogP contribution is 2.31. The third-order valence-corrected chi connectivity index (χ3v) is 6.42. The Morgan fingerprint density at radius 1 is 1.26 bits per heavy atom. The Balaban J connectivity index is 2.52. The Morgan fingerprint density at radius 2 is 1.91 bits per heavy atom. The molecule has 0 radical (unpaired) electrons. The minimum Gasteiger partial charge on any atom is -0.548 e. The molecule has 1 fully saturated rings. The van der Waals surface area contributed by atoms with Gasteiger partial charge in [0.25, 0.3) is 0 Å². The first kappa shape index (κ1) is 17.9. The van der Waals surface area contributed by atoms with E-state index in [-0.39, 0.29) is 16.9 Å². The lowest BCUT2D eigenvalue weighted by molar-refractivity contribution is -0.311. The zero-order valence-electron chi connectivity index (χ0n) is 14.1. The molecule has 5 nitrogen and oxygen atoms in total. The van der Waals surface area contributed by atoms with Crippen molar-refractivity contribution in [1.82, 2.24) is 4.31 Å². The van der Waals surface area contributed by atoms with Crippen LogP contribution in [-0.4, -0.2) is 31.3 Å². The lowest BCUT2D eigenvalue weighted by Crippen LogP contribution is -2.52. The molecule has 0 saturated carbocycles. The van der Waals surface area contributed by atoms with E-state index in [9.17, 15) is 18.3 Å². The van der Waals surface area contributed by atoms with Gasteiger partial charge < -0.3 is 9.90 Å². The molecule has 0 aliphatic carbocycles. The highest BCUT2D eigenvalue weighted by Gasteiger charge is 2.35. The Hall–Kier alpha value is -1.40. The number of carboxylic acid groups (broad SMARTS) is 1. The van der Waals surface area contributed by atoms with Gasteiger partial charge in [-0.2, -0.15) is 4.31 Å². The van der Waals surface area contributed by atoms with E-state index in [1.165, 1.54) is 0 Å². The average molecular weight is 338 g/mol. The van der Waals surface area contributed by atoms with Crippen LogP contribution in [0.3, 0.4) is 0 Å². The molecule has 2 rings (SSSR count). The molecule has 6 heteroatoms. The number of aryl methyl sites for hydroxylation is 1. The zero-order valence-corrected chi connectivity index (χ0v) is 14.9. The molecule has 0 N–H and O–H groups in total. The smallest absolute Gasteiger partial charge is 0.243 e. The summed E-state index contributed by atoms with van der Waals surface area (Å²) in [7, 11) is -3.86. The van der Waals surface area contributed by atoms with Gasteiger partial charge in [0.15, 0.2) is 0 Å². The summed E-state index contributed by atoms with van der Waals surface area (Å²) in [6.07, 6.45) is 1.67. The lowest BCUT2D eigenvalue weighted by atomic mass is 9.87. The van der Waals surface area contributed by atoms with E-state index in [4.69, 9.17) is 0 Å². The second kappa shape index (κ2) is 6.24. The molecule has 23 heavy (non-hydrogen) atoms. The van der Waals surface area contributed by atoms with Crippen molar-refractivity contribution >= 4 is 16.0 Å². The van der Waals surface area contributed by atoms with Crippen molar-refractivity contribution in [3.63, 3.8) is 0 Å². The van der Waals surface area contributed by atoms with Gasteiger partial charge in [0.2, 0.25) is 10.0 Å². The molecule has 128 valence electrons. The third-order valence-electron chi connectivity index (χ3n) is 4.37. The number of nitrogens with zero attached hydrogens (tertiary/aromatic N) is 1. The standard InChI is InChI=1S/C17H25NO4S/c1-12-8-9-13(17(2,3)4)11-15(12)23(21,22)18-10-6-5-7-14(18)16(19)20/h8-9,11,14H,5-7,10H2,1-4H3,(H,19,20)/p-1/t14-/m1/s1. The van der Waals surface area contributed by atoms with E-state index in [1.807, 2.05) is 26.8 Å². The number of benzene rings is 1. The highest BCUT2D eigenvalue weighted by molar-refractivity contribution is 7.89. The molecule has 1 aromatic carbocycles. The van der Waals surface area contributed by atoms with Crippen LogP contribution in [0.5, 0.6) is 0 Å². The number of carbonyl (C=O) groups excluding carboxylic acids is 1. The van der Waals surface area contributed by atoms with Crippen molar-refractivity contribution in [1.29, 1.82) is 0 Å². The first-order valence-electron chi connectivity index (χ1n) is 7.89. The van der Waals surface area contributed by atoms with E-state index in [0.29, 0.717) is 24.8 Å². The molecule has 0 aromatic heterocycles. The van der Waals surface area contributed by atoms with Crippen LogP contribution in [0.4, 0.5) is 0 Å². The van der Waals surface area contributed by atoms with Crippen LogP contribution < -0.4 is 5.11 Å². The van der Waals surface area contributed by atoms with E-state index < -0.39 is 22.0 Å². The summed E-state index contributed by atoms with van der Waals surface area (Å²) < 4.78 is 27.2. The predicted molar refractivity (Wildman–Crippen MR) is 86.4 cm³/mol. The van der Waals surface area contributed by atoms with Crippen molar-refractivity contribution in [3.05, 3.63) is 29.3 Å². The summed E-state index contributed by atoms with van der Waals surface area (Å²) in [5.41, 5.74) is 1.34. The van der Waals surface area contributed by atoms with Crippen LogP contribution in [0, 0.1) is 6.92 Å². The molecular weight excluding hydrogens is 314 g/mol. The zero-order chi connectivity index (χ0) is 17.4. The first-order valence-corrected chi connectivity index (χ1v) is 9.33. The number of hydrogen-bond donors (Lipinski definition) is 0. The summed E-state index contributed by atoms with van der Waals surface area (Å²) in [6.45, 7) is 7.99.